The zero-order chi connectivity index (χ0) is 13.8. The normalized spacial score (nSPS) is 10.8. The third-order valence-corrected chi connectivity index (χ3v) is 4.86. The van der Waals surface area contributed by atoms with Gasteiger partial charge in [0, 0.05) is 15.1 Å². The van der Waals surface area contributed by atoms with Gasteiger partial charge in [-0.1, -0.05) is 45.9 Å². The largest absolute Gasteiger partial charge is 0.416 e. The number of thioether (sulfide) groups is 1. The highest BCUT2D eigenvalue weighted by Crippen LogP contribution is 2.24. The molecule has 0 aliphatic carbocycles. The van der Waals surface area contributed by atoms with Crippen LogP contribution < -0.4 is 0 Å². The fourth-order valence-electron chi connectivity index (χ4n) is 1.70. The molecule has 0 N–H and O–H groups in total. The Balaban J connectivity index is 1.60. The van der Waals surface area contributed by atoms with Gasteiger partial charge in [-0.15, -0.1) is 21.5 Å². The number of halogens is 1. The Hall–Kier alpha value is -1.11. The molecule has 2 aromatic heterocycles. The fourth-order valence-corrected chi connectivity index (χ4v) is 3.57. The van der Waals surface area contributed by atoms with Gasteiger partial charge in [-0.2, -0.15) is 0 Å². The van der Waals surface area contributed by atoms with E-state index < -0.39 is 0 Å². The van der Waals surface area contributed by atoms with Crippen LogP contribution in [-0.2, 0) is 12.2 Å². The Labute approximate surface area is 133 Å². The van der Waals surface area contributed by atoms with E-state index >= 15 is 0 Å². The molecule has 0 saturated carbocycles. The van der Waals surface area contributed by atoms with E-state index in [0.29, 0.717) is 17.5 Å². The summed E-state index contributed by atoms with van der Waals surface area (Å²) in [6, 6.07) is 12.3. The zero-order valence-electron chi connectivity index (χ0n) is 10.5. The van der Waals surface area contributed by atoms with Crippen molar-refractivity contribution in [2.75, 3.05) is 0 Å². The Kier molecular flexibility index (Phi) is 4.54. The van der Waals surface area contributed by atoms with Crippen LogP contribution in [0, 0.1) is 0 Å². The topological polar surface area (TPSA) is 38.9 Å². The lowest BCUT2D eigenvalue weighted by molar-refractivity contribution is 0.421. The van der Waals surface area contributed by atoms with Crippen LogP contribution >= 0.6 is 39.0 Å². The third-order valence-electron chi connectivity index (χ3n) is 2.61. The first-order valence-electron chi connectivity index (χ1n) is 6.01. The minimum absolute atomic E-state index is 0.622. The molecule has 0 saturated heterocycles. The van der Waals surface area contributed by atoms with Gasteiger partial charge in [0.25, 0.3) is 5.22 Å². The summed E-state index contributed by atoms with van der Waals surface area (Å²) in [6.07, 6.45) is 0.710. The van der Waals surface area contributed by atoms with Gasteiger partial charge < -0.3 is 4.42 Å². The van der Waals surface area contributed by atoms with Crippen molar-refractivity contribution in [3.05, 3.63) is 62.6 Å². The van der Waals surface area contributed by atoms with Gasteiger partial charge in [-0.3, -0.25) is 0 Å². The molecular formula is C14H11BrN2OS2. The monoisotopic (exact) mass is 366 g/mol. The van der Waals surface area contributed by atoms with Crippen molar-refractivity contribution in [2.45, 2.75) is 17.4 Å². The molecule has 102 valence electrons. The average molecular weight is 367 g/mol. The molecule has 0 atom stereocenters. The van der Waals surface area contributed by atoms with Gasteiger partial charge >= 0.3 is 0 Å². The van der Waals surface area contributed by atoms with Crippen molar-refractivity contribution >= 4 is 39.0 Å². The fraction of sp³-hybridized carbons (Fsp3) is 0.143. The van der Waals surface area contributed by atoms with E-state index in [2.05, 4.69) is 49.7 Å². The summed E-state index contributed by atoms with van der Waals surface area (Å²) in [5.74, 6) is 1.49. The number of benzene rings is 1. The number of aromatic nitrogens is 2. The molecule has 3 aromatic rings. The number of thiophene rings is 1. The highest BCUT2D eigenvalue weighted by Gasteiger charge is 2.08. The molecule has 20 heavy (non-hydrogen) atoms. The van der Waals surface area contributed by atoms with E-state index in [9.17, 15) is 0 Å². The quantitative estimate of drug-likeness (QED) is 0.609. The van der Waals surface area contributed by atoms with E-state index in [0.717, 1.165) is 10.2 Å². The second-order valence-corrected chi connectivity index (χ2v) is 7.01. The van der Waals surface area contributed by atoms with Gasteiger partial charge in [0.1, 0.15) is 0 Å². The van der Waals surface area contributed by atoms with Crippen LogP contribution in [0.4, 0.5) is 0 Å². The Morgan fingerprint density at radius 1 is 1.20 bits per heavy atom. The minimum atomic E-state index is 0.622. The van der Waals surface area contributed by atoms with Gasteiger partial charge in [0.05, 0.1) is 6.42 Å². The summed E-state index contributed by atoms with van der Waals surface area (Å²) in [7, 11) is 0. The van der Waals surface area contributed by atoms with Gasteiger partial charge in [0.15, 0.2) is 0 Å². The third kappa shape index (κ3) is 3.71. The summed E-state index contributed by atoms with van der Waals surface area (Å²) >= 11 is 6.72. The second-order valence-electron chi connectivity index (χ2n) is 4.14. The lowest BCUT2D eigenvalue weighted by atomic mass is 10.2. The van der Waals surface area contributed by atoms with Crippen molar-refractivity contribution < 1.29 is 4.42 Å². The molecule has 2 heterocycles. The molecule has 0 fully saturated rings. The highest BCUT2D eigenvalue weighted by molar-refractivity contribution is 9.10. The molecule has 0 spiro atoms. The maximum atomic E-state index is 5.64. The number of hydrogen-bond donors (Lipinski definition) is 0. The smallest absolute Gasteiger partial charge is 0.276 e. The molecule has 3 rings (SSSR count). The molecule has 0 radical (unpaired) electrons. The van der Waals surface area contributed by atoms with Crippen LogP contribution in [0.5, 0.6) is 0 Å². The van der Waals surface area contributed by atoms with E-state index in [1.807, 2.05) is 18.2 Å². The Morgan fingerprint density at radius 2 is 2.15 bits per heavy atom. The van der Waals surface area contributed by atoms with Gasteiger partial charge in [-0.25, -0.2) is 0 Å². The molecule has 0 aliphatic rings. The van der Waals surface area contributed by atoms with Crippen molar-refractivity contribution in [1.82, 2.24) is 10.2 Å². The molecule has 3 nitrogen and oxygen atoms in total. The number of nitrogens with zero attached hydrogens (tertiary/aromatic N) is 2. The van der Waals surface area contributed by atoms with Gasteiger partial charge in [-0.05, 0) is 29.1 Å². The molecule has 0 bridgehead atoms. The highest BCUT2D eigenvalue weighted by atomic mass is 79.9. The minimum Gasteiger partial charge on any atom is -0.416 e. The second kappa shape index (κ2) is 6.56. The molecule has 0 unspecified atom stereocenters. The zero-order valence-corrected chi connectivity index (χ0v) is 13.7. The predicted molar refractivity (Wildman–Crippen MR) is 85.1 cm³/mol. The first kappa shape index (κ1) is 13.9. The number of hydrogen-bond acceptors (Lipinski definition) is 5. The first-order valence-corrected chi connectivity index (χ1v) is 8.67. The standard InChI is InChI=1S/C14H11BrN2OS2/c15-11-4-1-3-10(7-11)9-20-14-17-16-13(18-14)8-12-5-2-6-19-12/h1-7H,8-9H2. The summed E-state index contributed by atoms with van der Waals surface area (Å²) in [6.45, 7) is 0. The molecule has 1 aromatic carbocycles. The molecule has 0 amide bonds. The Bertz CT molecular complexity index is 682. The van der Waals surface area contributed by atoms with Crippen molar-refractivity contribution in [3.8, 4) is 0 Å². The summed E-state index contributed by atoms with van der Waals surface area (Å²) < 4.78 is 6.73. The van der Waals surface area contributed by atoms with Crippen LogP contribution in [0.1, 0.15) is 16.3 Å². The van der Waals surface area contributed by atoms with Crippen LogP contribution in [0.3, 0.4) is 0 Å². The summed E-state index contributed by atoms with van der Waals surface area (Å²) in [5, 5.41) is 10.8. The molecule has 6 heteroatoms. The van der Waals surface area contributed by atoms with Crippen molar-refractivity contribution in [3.63, 3.8) is 0 Å². The summed E-state index contributed by atoms with van der Waals surface area (Å²) in [4.78, 5) is 1.23. The van der Waals surface area contributed by atoms with E-state index in [1.165, 1.54) is 10.4 Å². The van der Waals surface area contributed by atoms with E-state index in [4.69, 9.17) is 4.42 Å². The van der Waals surface area contributed by atoms with Crippen molar-refractivity contribution in [1.29, 1.82) is 0 Å². The van der Waals surface area contributed by atoms with Crippen molar-refractivity contribution in [2.24, 2.45) is 0 Å². The lowest BCUT2D eigenvalue weighted by Gasteiger charge is -1.98. The molecule has 0 aliphatic heterocycles. The SMILES string of the molecule is Brc1cccc(CSc2nnc(Cc3cccs3)o2)c1. The van der Waals surface area contributed by atoms with Crippen LogP contribution in [0.25, 0.3) is 0 Å². The van der Waals surface area contributed by atoms with Crippen LogP contribution in [-0.4, -0.2) is 10.2 Å². The maximum absolute atomic E-state index is 5.64. The average Bonchev–Trinajstić information content (AvgIpc) is 3.09. The van der Waals surface area contributed by atoms with E-state index in [-0.39, 0.29) is 0 Å². The number of rotatable bonds is 5. The van der Waals surface area contributed by atoms with Crippen LogP contribution in [0.15, 0.2) is 55.9 Å². The van der Waals surface area contributed by atoms with Gasteiger partial charge in [0.2, 0.25) is 5.89 Å². The van der Waals surface area contributed by atoms with Crippen LogP contribution in [0.2, 0.25) is 0 Å². The maximum Gasteiger partial charge on any atom is 0.276 e. The van der Waals surface area contributed by atoms with E-state index in [1.54, 1.807) is 23.1 Å². The Morgan fingerprint density at radius 3 is 2.95 bits per heavy atom. The lowest BCUT2D eigenvalue weighted by Crippen LogP contribution is -1.83. The predicted octanol–water partition coefficient (Wildman–Crippen LogP) is 4.78. The molecular weight excluding hydrogens is 356 g/mol. The summed E-state index contributed by atoms with van der Waals surface area (Å²) in [5.41, 5.74) is 1.22. The first-order chi connectivity index (χ1) is 9.79.